The van der Waals surface area contributed by atoms with Crippen LogP contribution < -0.4 is 0 Å². The van der Waals surface area contributed by atoms with E-state index < -0.39 is 0 Å². The molecule has 0 spiro atoms. The Balaban J connectivity index is 1.98. The number of benzene rings is 2. The second-order valence-electron chi connectivity index (χ2n) is 4.90. The summed E-state index contributed by atoms with van der Waals surface area (Å²) in [6, 6.07) is 14.8. The largest absolute Gasteiger partial charge is 0.295 e. The van der Waals surface area contributed by atoms with E-state index in [-0.39, 0.29) is 11.6 Å². The predicted octanol–water partition coefficient (Wildman–Crippen LogP) is 3.71. The van der Waals surface area contributed by atoms with Gasteiger partial charge in [0.1, 0.15) is 0 Å². The summed E-state index contributed by atoms with van der Waals surface area (Å²) < 4.78 is 0. The first-order chi connectivity index (χ1) is 10.1. The van der Waals surface area contributed by atoms with Crippen molar-refractivity contribution in [1.29, 1.82) is 0 Å². The topological polar surface area (TPSA) is 46.5 Å². The van der Waals surface area contributed by atoms with Gasteiger partial charge in [0.05, 0.1) is 6.54 Å². The van der Waals surface area contributed by atoms with Gasteiger partial charge < -0.3 is 0 Å². The Morgan fingerprint density at radius 1 is 0.857 bits per heavy atom. The summed E-state index contributed by atoms with van der Waals surface area (Å²) in [6.45, 7) is 3.66. The van der Waals surface area contributed by atoms with Crippen molar-refractivity contribution in [3.05, 3.63) is 70.8 Å². The number of carbonyl (C=O) groups excluding carboxylic acids is 2. The van der Waals surface area contributed by atoms with Gasteiger partial charge in [0.2, 0.25) is 0 Å². The molecule has 3 heteroatoms. The van der Waals surface area contributed by atoms with Crippen molar-refractivity contribution in [3.8, 4) is 0 Å². The number of Topliss-reactive ketones (excluding diaryl/α,β-unsaturated/α-hetero) is 2. The fraction of sp³-hybridized carbons (Fsp3) is 0.167. The minimum absolute atomic E-state index is 0.0593. The van der Waals surface area contributed by atoms with Crippen molar-refractivity contribution in [2.24, 2.45) is 4.99 Å². The molecule has 2 aromatic rings. The highest BCUT2D eigenvalue weighted by Crippen LogP contribution is 2.07. The van der Waals surface area contributed by atoms with Gasteiger partial charge >= 0.3 is 0 Å². The lowest BCUT2D eigenvalue weighted by Gasteiger charge is -1.99. The molecule has 0 radical (unpaired) electrons. The molecule has 0 bridgehead atoms. The lowest BCUT2D eigenvalue weighted by molar-refractivity contribution is 0.100. The molecule has 0 aromatic heterocycles. The number of ketones is 2. The highest BCUT2D eigenvalue weighted by atomic mass is 16.1. The molecular formula is C18H17NO2. The molecule has 0 unspecified atom stereocenters. The van der Waals surface area contributed by atoms with E-state index in [9.17, 15) is 9.59 Å². The molecule has 0 heterocycles. The van der Waals surface area contributed by atoms with E-state index in [1.165, 1.54) is 0 Å². The molecule has 0 atom stereocenters. The molecule has 21 heavy (non-hydrogen) atoms. The molecule has 106 valence electrons. The summed E-state index contributed by atoms with van der Waals surface area (Å²) in [4.78, 5) is 26.7. The SMILES string of the molecule is CC(=O)c1ccc(C=NCc2ccc(C(C)=O)cc2)cc1. The van der Waals surface area contributed by atoms with E-state index >= 15 is 0 Å². The molecular weight excluding hydrogens is 262 g/mol. The van der Waals surface area contributed by atoms with Crippen LogP contribution in [0.4, 0.5) is 0 Å². The maximum atomic E-state index is 11.2. The van der Waals surface area contributed by atoms with Crippen LogP contribution in [0.5, 0.6) is 0 Å². The van der Waals surface area contributed by atoms with Crippen LogP contribution in [0.25, 0.3) is 0 Å². The average Bonchev–Trinajstić information content (AvgIpc) is 2.48. The summed E-state index contributed by atoms with van der Waals surface area (Å²) in [5, 5.41) is 0. The molecule has 0 aliphatic heterocycles. The Bertz CT molecular complexity index is 667. The Morgan fingerprint density at radius 3 is 1.81 bits per heavy atom. The Kier molecular flexibility index (Phi) is 4.77. The Morgan fingerprint density at radius 2 is 1.33 bits per heavy atom. The van der Waals surface area contributed by atoms with E-state index in [1.807, 2.05) is 36.4 Å². The molecule has 0 saturated heterocycles. The zero-order valence-corrected chi connectivity index (χ0v) is 12.2. The van der Waals surface area contributed by atoms with E-state index in [1.54, 1.807) is 32.2 Å². The zero-order chi connectivity index (χ0) is 15.2. The predicted molar refractivity (Wildman–Crippen MR) is 84.2 cm³/mol. The maximum Gasteiger partial charge on any atom is 0.159 e. The van der Waals surface area contributed by atoms with Gasteiger partial charge in [0.15, 0.2) is 11.6 Å². The normalized spacial score (nSPS) is 10.8. The molecule has 0 aliphatic rings. The fourth-order valence-corrected chi connectivity index (χ4v) is 1.91. The summed E-state index contributed by atoms with van der Waals surface area (Å²) in [6.07, 6.45) is 1.78. The van der Waals surface area contributed by atoms with Crippen LogP contribution >= 0.6 is 0 Å². The first kappa shape index (κ1) is 14.9. The maximum absolute atomic E-state index is 11.2. The highest BCUT2D eigenvalue weighted by Gasteiger charge is 1.99. The van der Waals surface area contributed by atoms with Crippen LogP contribution in [0.2, 0.25) is 0 Å². The Hall–Kier alpha value is -2.55. The fourth-order valence-electron chi connectivity index (χ4n) is 1.91. The van der Waals surface area contributed by atoms with Gasteiger partial charge in [-0.1, -0.05) is 48.5 Å². The average molecular weight is 279 g/mol. The van der Waals surface area contributed by atoms with Gasteiger partial charge in [-0.15, -0.1) is 0 Å². The van der Waals surface area contributed by atoms with Gasteiger partial charge in [-0.2, -0.15) is 0 Å². The molecule has 2 aromatic carbocycles. The van der Waals surface area contributed by atoms with Gasteiger partial charge in [-0.3, -0.25) is 14.6 Å². The number of rotatable bonds is 5. The van der Waals surface area contributed by atoms with Gasteiger partial charge in [0, 0.05) is 17.3 Å². The third-order valence-corrected chi connectivity index (χ3v) is 3.19. The van der Waals surface area contributed by atoms with Crippen molar-refractivity contribution < 1.29 is 9.59 Å². The second kappa shape index (κ2) is 6.75. The van der Waals surface area contributed by atoms with Crippen LogP contribution in [-0.4, -0.2) is 17.8 Å². The quantitative estimate of drug-likeness (QED) is 0.618. The molecule has 0 amide bonds. The van der Waals surface area contributed by atoms with E-state index in [2.05, 4.69) is 4.99 Å². The Labute approximate surface area is 124 Å². The van der Waals surface area contributed by atoms with Crippen LogP contribution in [0, 0.1) is 0 Å². The molecule has 0 N–H and O–H groups in total. The number of carbonyl (C=O) groups is 2. The minimum Gasteiger partial charge on any atom is -0.295 e. The van der Waals surface area contributed by atoms with Crippen LogP contribution in [0.1, 0.15) is 45.7 Å². The number of aliphatic imine (C=N–C) groups is 1. The first-order valence-electron chi connectivity index (χ1n) is 6.77. The smallest absolute Gasteiger partial charge is 0.159 e. The number of hydrogen-bond acceptors (Lipinski definition) is 3. The third kappa shape index (κ3) is 4.21. The third-order valence-electron chi connectivity index (χ3n) is 3.19. The van der Waals surface area contributed by atoms with Crippen LogP contribution in [0.3, 0.4) is 0 Å². The highest BCUT2D eigenvalue weighted by molar-refractivity contribution is 5.95. The van der Waals surface area contributed by atoms with Crippen LogP contribution in [-0.2, 0) is 6.54 Å². The van der Waals surface area contributed by atoms with E-state index in [0.717, 1.165) is 11.1 Å². The van der Waals surface area contributed by atoms with Gasteiger partial charge in [-0.05, 0) is 25.0 Å². The van der Waals surface area contributed by atoms with Crippen molar-refractivity contribution in [3.63, 3.8) is 0 Å². The zero-order valence-electron chi connectivity index (χ0n) is 12.2. The summed E-state index contributed by atoms with van der Waals surface area (Å²) in [5.74, 6) is 0.125. The number of hydrogen-bond donors (Lipinski definition) is 0. The number of nitrogens with zero attached hydrogens (tertiary/aromatic N) is 1. The first-order valence-corrected chi connectivity index (χ1v) is 6.77. The molecule has 0 aliphatic carbocycles. The summed E-state index contributed by atoms with van der Waals surface area (Å²) >= 11 is 0. The van der Waals surface area contributed by atoms with Crippen molar-refractivity contribution in [2.75, 3.05) is 0 Å². The van der Waals surface area contributed by atoms with E-state index in [4.69, 9.17) is 0 Å². The van der Waals surface area contributed by atoms with Gasteiger partial charge in [-0.25, -0.2) is 0 Å². The standard InChI is InChI=1S/C18H17NO2/c1-13(20)17-7-3-15(4-8-17)11-19-12-16-5-9-18(10-6-16)14(2)21/h3-11H,12H2,1-2H3. The van der Waals surface area contributed by atoms with Crippen LogP contribution in [0.15, 0.2) is 53.5 Å². The minimum atomic E-state index is 0.0593. The lowest BCUT2D eigenvalue weighted by atomic mass is 10.1. The summed E-state index contributed by atoms with van der Waals surface area (Å²) in [7, 11) is 0. The molecule has 3 nitrogen and oxygen atoms in total. The summed E-state index contributed by atoms with van der Waals surface area (Å²) in [5.41, 5.74) is 3.42. The second-order valence-corrected chi connectivity index (χ2v) is 4.90. The molecule has 0 saturated carbocycles. The lowest BCUT2D eigenvalue weighted by Crippen LogP contribution is -1.93. The van der Waals surface area contributed by atoms with E-state index in [0.29, 0.717) is 17.7 Å². The molecule has 0 fully saturated rings. The van der Waals surface area contributed by atoms with Crippen molar-refractivity contribution in [2.45, 2.75) is 20.4 Å². The monoisotopic (exact) mass is 279 g/mol. The van der Waals surface area contributed by atoms with Crippen molar-refractivity contribution in [1.82, 2.24) is 0 Å². The molecule has 2 rings (SSSR count). The van der Waals surface area contributed by atoms with Crippen molar-refractivity contribution >= 4 is 17.8 Å². The van der Waals surface area contributed by atoms with Gasteiger partial charge in [0.25, 0.3) is 0 Å².